The van der Waals surface area contributed by atoms with Crippen LogP contribution in [0, 0.1) is 19.3 Å². The minimum atomic E-state index is 0.618. The summed E-state index contributed by atoms with van der Waals surface area (Å²) in [4.78, 5) is 7.85. The first-order chi connectivity index (χ1) is 4.84. The first-order valence-electron chi connectivity index (χ1n) is 3.03. The average Bonchev–Trinajstić information content (AvgIpc) is 1.94. The van der Waals surface area contributed by atoms with E-state index < -0.39 is 0 Å². The molecule has 0 atom stereocenters. The van der Waals surface area contributed by atoms with E-state index in [4.69, 9.17) is 6.42 Å². The van der Waals surface area contributed by atoms with Gasteiger partial charge in [-0.15, -0.1) is 12.3 Å². The minimum absolute atomic E-state index is 0.618. The van der Waals surface area contributed by atoms with Gasteiger partial charge in [-0.2, -0.15) is 0 Å². The van der Waals surface area contributed by atoms with Gasteiger partial charge < -0.3 is 0 Å². The molecule has 0 bridgehead atoms. The second-order valence-electron chi connectivity index (χ2n) is 2.01. The van der Waals surface area contributed by atoms with Crippen LogP contribution in [0.5, 0.6) is 0 Å². The summed E-state index contributed by atoms with van der Waals surface area (Å²) < 4.78 is 0. The van der Waals surface area contributed by atoms with Crippen LogP contribution < -0.4 is 0 Å². The molecule has 0 fully saturated rings. The molecule has 1 rings (SSSR count). The van der Waals surface area contributed by atoms with Gasteiger partial charge in [-0.25, -0.2) is 9.97 Å². The summed E-state index contributed by atoms with van der Waals surface area (Å²) in [6.07, 6.45) is 9.02. The lowest BCUT2D eigenvalue weighted by Gasteiger charge is -1.96. The highest BCUT2D eigenvalue weighted by Crippen LogP contribution is 2.00. The van der Waals surface area contributed by atoms with Crippen molar-refractivity contribution in [2.24, 2.45) is 0 Å². The van der Waals surface area contributed by atoms with Gasteiger partial charge in [0.15, 0.2) is 0 Å². The van der Waals surface area contributed by atoms with Gasteiger partial charge in [0.05, 0.1) is 0 Å². The van der Waals surface area contributed by atoms with Crippen molar-refractivity contribution < 1.29 is 0 Å². The Morgan fingerprint density at radius 1 is 1.70 bits per heavy atom. The molecule has 0 saturated heterocycles. The molecule has 0 spiro atoms. The van der Waals surface area contributed by atoms with Crippen LogP contribution in [0.3, 0.4) is 0 Å². The molecule has 1 aromatic heterocycles. The second kappa shape index (κ2) is 2.98. The second-order valence-corrected chi connectivity index (χ2v) is 2.01. The first-order valence-corrected chi connectivity index (χ1v) is 3.03. The molecule has 0 N–H and O–H groups in total. The molecule has 0 unspecified atom stereocenters. The summed E-state index contributed by atoms with van der Waals surface area (Å²) in [5.74, 6) is 2.54. The fourth-order valence-electron chi connectivity index (χ4n) is 0.703. The number of hydrogen-bond donors (Lipinski definition) is 0. The van der Waals surface area contributed by atoms with E-state index in [1.807, 2.05) is 6.92 Å². The van der Waals surface area contributed by atoms with Crippen LogP contribution in [0.15, 0.2) is 12.5 Å². The fourth-order valence-corrected chi connectivity index (χ4v) is 0.703. The van der Waals surface area contributed by atoms with Crippen molar-refractivity contribution in [2.75, 3.05) is 0 Å². The molecular weight excluding hydrogens is 124 g/mol. The Kier molecular flexibility index (Phi) is 2.01. The Balaban J connectivity index is 2.94. The predicted molar refractivity (Wildman–Crippen MR) is 39.3 cm³/mol. The highest BCUT2D eigenvalue weighted by molar-refractivity contribution is 5.19. The van der Waals surface area contributed by atoms with Crippen molar-refractivity contribution in [2.45, 2.75) is 13.3 Å². The van der Waals surface area contributed by atoms with Crippen LogP contribution >= 0.6 is 0 Å². The molecule has 2 heteroatoms. The summed E-state index contributed by atoms with van der Waals surface area (Å²) in [5, 5.41) is 0. The molecule has 0 aliphatic heterocycles. The first kappa shape index (κ1) is 6.76. The summed E-state index contributed by atoms with van der Waals surface area (Å²) >= 11 is 0. The van der Waals surface area contributed by atoms with Crippen molar-refractivity contribution in [3.05, 3.63) is 23.8 Å². The van der Waals surface area contributed by atoms with Crippen molar-refractivity contribution in [3.8, 4) is 12.3 Å². The summed E-state index contributed by atoms with van der Waals surface area (Å²) in [7, 11) is 0. The highest BCUT2D eigenvalue weighted by Gasteiger charge is 1.94. The molecule has 0 saturated carbocycles. The largest absolute Gasteiger partial charge is 0.244 e. The van der Waals surface area contributed by atoms with E-state index in [9.17, 15) is 0 Å². The molecule has 50 valence electrons. The Morgan fingerprint density at radius 2 is 2.50 bits per heavy atom. The fraction of sp³-hybridized carbons (Fsp3) is 0.250. The van der Waals surface area contributed by atoms with E-state index in [0.717, 1.165) is 11.3 Å². The number of nitrogens with zero attached hydrogens (tertiary/aromatic N) is 2. The SMILES string of the molecule is C#CCc1cncnc1C. The van der Waals surface area contributed by atoms with Gasteiger partial charge in [0.2, 0.25) is 0 Å². The molecule has 2 nitrogen and oxygen atoms in total. The third-order valence-corrected chi connectivity index (χ3v) is 1.31. The van der Waals surface area contributed by atoms with Crippen LogP contribution in [-0.2, 0) is 6.42 Å². The van der Waals surface area contributed by atoms with Gasteiger partial charge in [0, 0.05) is 23.9 Å². The van der Waals surface area contributed by atoms with Crippen LogP contribution in [0.4, 0.5) is 0 Å². The molecule has 0 aliphatic carbocycles. The van der Waals surface area contributed by atoms with Crippen LogP contribution in [0.2, 0.25) is 0 Å². The Bertz CT molecular complexity index is 260. The zero-order chi connectivity index (χ0) is 7.40. The molecule has 0 aliphatic rings. The Labute approximate surface area is 60.3 Å². The number of aryl methyl sites for hydroxylation is 1. The number of rotatable bonds is 1. The van der Waals surface area contributed by atoms with Gasteiger partial charge in [-0.05, 0) is 6.92 Å². The maximum atomic E-state index is 5.12. The third-order valence-electron chi connectivity index (χ3n) is 1.31. The maximum Gasteiger partial charge on any atom is 0.115 e. The van der Waals surface area contributed by atoms with Crippen molar-refractivity contribution >= 4 is 0 Å². The minimum Gasteiger partial charge on any atom is -0.244 e. The number of aromatic nitrogens is 2. The van der Waals surface area contributed by atoms with Crippen LogP contribution in [0.25, 0.3) is 0 Å². The molecule has 10 heavy (non-hydrogen) atoms. The summed E-state index contributed by atoms with van der Waals surface area (Å²) in [6, 6.07) is 0. The molecular formula is C8H8N2. The number of hydrogen-bond acceptors (Lipinski definition) is 2. The van der Waals surface area contributed by atoms with Gasteiger partial charge >= 0.3 is 0 Å². The Hall–Kier alpha value is -1.36. The predicted octanol–water partition coefficient (Wildman–Crippen LogP) is 0.961. The standard InChI is InChI=1S/C8H8N2/c1-3-4-8-5-9-6-10-7(8)2/h1,5-6H,4H2,2H3. The van der Waals surface area contributed by atoms with Crippen molar-refractivity contribution in [3.63, 3.8) is 0 Å². The normalized spacial score (nSPS) is 8.80. The van der Waals surface area contributed by atoms with E-state index >= 15 is 0 Å². The quantitative estimate of drug-likeness (QED) is 0.532. The van der Waals surface area contributed by atoms with E-state index in [1.165, 1.54) is 6.33 Å². The third kappa shape index (κ3) is 1.32. The Morgan fingerprint density at radius 3 is 3.10 bits per heavy atom. The van der Waals surface area contributed by atoms with Gasteiger partial charge in [0.1, 0.15) is 6.33 Å². The van der Waals surface area contributed by atoms with Gasteiger partial charge in [-0.3, -0.25) is 0 Å². The maximum absolute atomic E-state index is 5.12. The zero-order valence-corrected chi connectivity index (χ0v) is 5.83. The molecule has 0 amide bonds. The van der Waals surface area contributed by atoms with E-state index in [1.54, 1.807) is 6.20 Å². The molecule has 1 aromatic rings. The van der Waals surface area contributed by atoms with E-state index in [2.05, 4.69) is 15.9 Å². The van der Waals surface area contributed by atoms with Crippen LogP contribution in [0.1, 0.15) is 11.3 Å². The van der Waals surface area contributed by atoms with Crippen molar-refractivity contribution in [1.29, 1.82) is 0 Å². The monoisotopic (exact) mass is 132 g/mol. The molecule has 1 heterocycles. The highest BCUT2D eigenvalue weighted by atomic mass is 14.8. The van der Waals surface area contributed by atoms with E-state index in [-0.39, 0.29) is 0 Å². The van der Waals surface area contributed by atoms with Crippen LogP contribution in [-0.4, -0.2) is 9.97 Å². The topological polar surface area (TPSA) is 25.8 Å². The molecule has 0 radical (unpaired) electrons. The summed E-state index contributed by atoms with van der Waals surface area (Å²) in [6.45, 7) is 1.92. The average molecular weight is 132 g/mol. The van der Waals surface area contributed by atoms with Gasteiger partial charge in [0.25, 0.3) is 0 Å². The number of terminal acetylenes is 1. The molecule has 0 aromatic carbocycles. The van der Waals surface area contributed by atoms with E-state index in [0.29, 0.717) is 6.42 Å². The smallest absolute Gasteiger partial charge is 0.115 e. The zero-order valence-electron chi connectivity index (χ0n) is 5.83. The summed E-state index contributed by atoms with van der Waals surface area (Å²) in [5.41, 5.74) is 2.00. The lowest BCUT2D eigenvalue weighted by atomic mass is 10.2. The lowest BCUT2D eigenvalue weighted by Crippen LogP contribution is -1.91. The van der Waals surface area contributed by atoms with Gasteiger partial charge in [-0.1, -0.05) is 0 Å². The van der Waals surface area contributed by atoms with Crippen molar-refractivity contribution in [1.82, 2.24) is 9.97 Å². The lowest BCUT2D eigenvalue weighted by molar-refractivity contribution is 1.04.